The predicted molar refractivity (Wildman–Crippen MR) is 75.9 cm³/mol. The average Bonchev–Trinajstić information content (AvgIpc) is 2.84. The Hall–Kier alpha value is -0.570. The van der Waals surface area contributed by atoms with Crippen molar-refractivity contribution >= 4 is 11.6 Å². The van der Waals surface area contributed by atoms with Crippen molar-refractivity contribution < 1.29 is 0 Å². The van der Waals surface area contributed by atoms with Crippen molar-refractivity contribution in [2.75, 3.05) is 19.6 Å². The molecule has 98 valence electrons. The number of benzene rings is 1. The van der Waals surface area contributed by atoms with Crippen LogP contribution in [0.15, 0.2) is 24.3 Å². The SMILES string of the molecule is C[C@@H]1[C@H]2CCCN2CCN1Cc1ccccc1Cl. The molecule has 1 aromatic carbocycles. The lowest BCUT2D eigenvalue weighted by molar-refractivity contribution is 0.0470. The first kappa shape index (κ1) is 12.5. The topological polar surface area (TPSA) is 6.48 Å². The van der Waals surface area contributed by atoms with Crippen molar-refractivity contribution in [3.63, 3.8) is 0 Å². The Kier molecular flexibility index (Phi) is 3.60. The largest absolute Gasteiger partial charge is 0.298 e. The van der Waals surface area contributed by atoms with Gasteiger partial charge < -0.3 is 0 Å². The Morgan fingerprint density at radius 2 is 2.06 bits per heavy atom. The predicted octanol–water partition coefficient (Wildman–Crippen LogP) is 3.01. The van der Waals surface area contributed by atoms with Crippen molar-refractivity contribution in [3.8, 4) is 0 Å². The zero-order chi connectivity index (χ0) is 12.5. The lowest BCUT2D eigenvalue weighted by Gasteiger charge is -2.43. The molecular formula is C15H21ClN2. The number of hydrogen-bond acceptors (Lipinski definition) is 2. The van der Waals surface area contributed by atoms with E-state index >= 15 is 0 Å². The molecule has 0 aliphatic carbocycles. The minimum absolute atomic E-state index is 0.650. The standard InChI is InChI=1S/C15H21ClN2/c1-12-15-7-4-8-17(15)9-10-18(12)11-13-5-2-3-6-14(13)16/h2-3,5-6,12,15H,4,7-11H2,1H3/t12-,15-/m1/s1. The third-order valence-corrected chi connectivity index (χ3v) is 4.92. The number of fused-ring (bicyclic) bond motifs is 1. The van der Waals surface area contributed by atoms with Gasteiger partial charge in [0.25, 0.3) is 0 Å². The maximum Gasteiger partial charge on any atom is 0.0451 e. The van der Waals surface area contributed by atoms with Gasteiger partial charge in [-0.1, -0.05) is 29.8 Å². The maximum absolute atomic E-state index is 6.27. The Bertz CT molecular complexity index is 421. The Morgan fingerprint density at radius 1 is 1.22 bits per heavy atom. The Labute approximate surface area is 115 Å². The summed E-state index contributed by atoms with van der Waals surface area (Å²) in [6, 6.07) is 9.64. The van der Waals surface area contributed by atoms with Gasteiger partial charge in [-0.2, -0.15) is 0 Å². The van der Waals surface area contributed by atoms with E-state index in [-0.39, 0.29) is 0 Å². The highest BCUT2D eigenvalue weighted by atomic mass is 35.5. The molecule has 2 heterocycles. The molecule has 1 aromatic rings. The van der Waals surface area contributed by atoms with Crippen LogP contribution in [0.25, 0.3) is 0 Å². The third-order valence-electron chi connectivity index (χ3n) is 4.55. The van der Waals surface area contributed by atoms with E-state index < -0.39 is 0 Å². The van der Waals surface area contributed by atoms with E-state index in [2.05, 4.69) is 28.9 Å². The molecule has 0 unspecified atom stereocenters. The lowest BCUT2D eigenvalue weighted by atomic mass is 10.0. The van der Waals surface area contributed by atoms with Gasteiger partial charge in [-0.25, -0.2) is 0 Å². The molecule has 0 aromatic heterocycles. The molecule has 0 saturated carbocycles. The molecule has 0 amide bonds. The number of hydrogen-bond donors (Lipinski definition) is 0. The smallest absolute Gasteiger partial charge is 0.0451 e. The van der Waals surface area contributed by atoms with Gasteiger partial charge in [0, 0.05) is 36.7 Å². The fraction of sp³-hybridized carbons (Fsp3) is 0.600. The number of halogens is 1. The summed E-state index contributed by atoms with van der Waals surface area (Å²) in [6.07, 6.45) is 2.73. The first-order valence-electron chi connectivity index (χ1n) is 6.97. The molecule has 2 atom stereocenters. The van der Waals surface area contributed by atoms with Crippen molar-refractivity contribution in [2.45, 2.75) is 38.4 Å². The summed E-state index contributed by atoms with van der Waals surface area (Å²) in [5, 5.41) is 0.901. The van der Waals surface area contributed by atoms with Crippen LogP contribution >= 0.6 is 11.6 Å². The fourth-order valence-corrected chi connectivity index (χ4v) is 3.64. The average molecular weight is 265 g/mol. The fourth-order valence-electron chi connectivity index (χ4n) is 3.45. The van der Waals surface area contributed by atoms with Gasteiger partial charge >= 0.3 is 0 Å². The minimum atomic E-state index is 0.650. The van der Waals surface area contributed by atoms with Crippen LogP contribution in [0.1, 0.15) is 25.3 Å². The van der Waals surface area contributed by atoms with Crippen LogP contribution in [0.5, 0.6) is 0 Å². The number of rotatable bonds is 2. The van der Waals surface area contributed by atoms with Gasteiger partial charge in [0.05, 0.1) is 0 Å². The van der Waals surface area contributed by atoms with E-state index in [0.29, 0.717) is 6.04 Å². The molecule has 2 saturated heterocycles. The number of nitrogens with zero attached hydrogens (tertiary/aromatic N) is 2. The van der Waals surface area contributed by atoms with Crippen LogP contribution in [0.3, 0.4) is 0 Å². The normalized spacial score (nSPS) is 29.4. The molecule has 3 heteroatoms. The van der Waals surface area contributed by atoms with Crippen LogP contribution in [-0.2, 0) is 6.54 Å². The summed E-state index contributed by atoms with van der Waals surface area (Å²) >= 11 is 6.27. The van der Waals surface area contributed by atoms with E-state index in [4.69, 9.17) is 11.6 Å². The minimum Gasteiger partial charge on any atom is -0.298 e. The molecule has 2 fully saturated rings. The highest BCUT2D eigenvalue weighted by Crippen LogP contribution is 2.28. The van der Waals surface area contributed by atoms with E-state index in [9.17, 15) is 0 Å². The molecule has 2 aliphatic heterocycles. The second kappa shape index (κ2) is 5.20. The molecular weight excluding hydrogens is 244 g/mol. The Morgan fingerprint density at radius 3 is 2.89 bits per heavy atom. The second-order valence-electron chi connectivity index (χ2n) is 5.55. The number of piperazine rings is 1. The first-order chi connectivity index (χ1) is 8.75. The summed E-state index contributed by atoms with van der Waals surface area (Å²) < 4.78 is 0. The van der Waals surface area contributed by atoms with Crippen molar-refractivity contribution in [2.24, 2.45) is 0 Å². The molecule has 2 aliphatic rings. The van der Waals surface area contributed by atoms with Gasteiger partial charge in [-0.15, -0.1) is 0 Å². The van der Waals surface area contributed by atoms with Gasteiger partial charge in [-0.05, 0) is 37.9 Å². The molecule has 0 spiro atoms. The monoisotopic (exact) mass is 264 g/mol. The van der Waals surface area contributed by atoms with E-state index in [0.717, 1.165) is 17.6 Å². The van der Waals surface area contributed by atoms with E-state index in [1.807, 2.05) is 12.1 Å². The molecule has 0 bridgehead atoms. The molecule has 2 nitrogen and oxygen atoms in total. The summed E-state index contributed by atoms with van der Waals surface area (Å²) in [4.78, 5) is 5.25. The van der Waals surface area contributed by atoms with Crippen LogP contribution in [0, 0.1) is 0 Å². The molecule has 0 N–H and O–H groups in total. The molecule has 3 rings (SSSR count). The van der Waals surface area contributed by atoms with Crippen LogP contribution in [-0.4, -0.2) is 41.5 Å². The van der Waals surface area contributed by atoms with Crippen LogP contribution in [0.4, 0.5) is 0 Å². The second-order valence-corrected chi connectivity index (χ2v) is 5.96. The van der Waals surface area contributed by atoms with Crippen LogP contribution < -0.4 is 0 Å². The van der Waals surface area contributed by atoms with E-state index in [1.165, 1.54) is 38.0 Å². The lowest BCUT2D eigenvalue weighted by Crippen LogP contribution is -2.55. The highest BCUT2D eigenvalue weighted by Gasteiger charge is 2.36. The summed E-state index contributed by atoms with van der Waals surface area (Å²) in [7, 11) is 0. The summed E-state index contributed by atoms with van der Waals surface area (Å²) in [5.41, 5.74) is 1.26. The van der Waals surface area contributed by atoms with Gasteiger partial charge in [0.15, 0.2) is 0 Å². The first-order valence-corrected chi connectivity index (χ1v) is 7.35. The summed E-state index contributed by atoms with van der Waals surface area (Å²) in [6.45, 7) is 7.06. The highest BCUT2D eigenvalue weighted by molar-refractivity contribution is 6.31. The van der Waals surface area contributed by atoms with Crippen molar-refractivity contribution in [3.05, 3.63) is 34.9 Å². The third kappa shape index (κ3) is 2.29. The van der Waals surface area contributed by atoms with Gasteiger partial charge in [0.2, 0.25) is 0 Å². The zero-order valence-corrected chi connectivity index (χ0v) is 11.7. The molecule has 18 heavy (non-hydrogen) atoms. The Balaban J connectivity index is 1.72. The van der Waals surface area contributed by atoms with E-state index in [1.54, 1.807) is 0 Å². The van der Waals surface area contributed by atoms with Crippen LogP contribution in [0.2, 0.25) is 5.02 Å². The maximum atomic E-state index is 6.27. The van der Waals surface area contributed by atoms with Crippen molar-refractivity contribution in [1.29, 1.82) is 0 Å². The zero-order valence-electron chi connectivity index (χ0n) is 11.0. The quantitative estimate of drug-likeness (QED) is 0.810. The van der Waals surface area contributed by atoms with Gasteiger partial charge in [-0.3, -0.25) is 9.80 Å². The van der Waals surface area contributed by atoms with Gasteiger partial charge in [0.1, 0.15) is 0 Å². The molecule has 0 radical (unpaired) electrons. The summed E-state index contributed by atoms with van der Waals surface area (Å²) in [5.74, 6) is 0. The van der Waals surface area contributed by atoms with Crippen molar-refractivity contribution in [1.82, 2.24) is 9.80 Å².